The molecule has 1 saturated heterocycles. The first-order valence-corrected chi connectivity index (χ1v) is 12.5. The van der Waals surface area contributed by atoms with Crippen LogP contribution in [0.15, 0.2) is 70.9 Å². The van der Waals surface area contributed by atoms with E-state index in [-0.39, 0.29) is 5.56 Å². The van der Waals surface area contributed by atoms with Crippen LogP contribution in [-0.2, 0) is 11.2 Å². The van der Waals surface area contributed by atoms with Crippen LogP contribution >= 0.6 is 0 Å². The number of nitrogens with zero attached hydrogens (tertiary/aromatic N) is 4. The van der Waals surface area contributed by atoms with Gasteiger partial charge in [-0.1, -0.05) is 25.6 Å². The Morgan fingerprint density at radius 2 is 1.95 bits per heavy atom. The number of rotatable bonds is 10. The molecule has 4 rings (SSSR count). The maximum Gasteiger partial charge on any atom is 0.259 e. The van der Waals surface area contributed by atoms with Crippen LogP contribution in [0, 0.1) is 0 Å². The molecule has 1 aromatic carbocycles. The third-order valence-electron chi connectivity index (χ3n) is 6.59. The zero-order chi connectivity index (χ0) is 26.2. The number of pyridine rings is 2. The quantitative estimate of drug-likeness (QED) is 0.289. The Kier molecular flexibility index (Phi) is 8.71. The van der Waals surface area contributed by atoms with Crippen molar-refractivity contribution in [1.29, 1.82) is 0 Å². The van der Waals surface area contributed by atoms with Gasteiger partial charge in [0.2, 0.25) is 0 Å². The number of ether oxygens (including phenoxy) is 1. The number of nitrogens with one attached hydrogen (secondary N) is 2. The Morgan fingerprint density at radius 1 is 1.22 bits per heavy atom. The number of aromatic nitrogens is 2. The van der Waals surface area contributed by atoms with E-state index in [1.807, 2.05) is 18.2 Å². The molecule has 37 heavy (non-hydrogen) atoms. The first kappa shape index (κ1) is 26.1. The number of aromatic amines is 1. The van der Waals surface area contributed by atoms with Crippen LogP contribution in [-0.4, -0.2) is 72.4 Å². The molecule has 1 aliphatic rings. The van der Waals surface area contributed by atoms with Crippen molar-refractivity contribution in [2.24, 2.45) is 10.7 Å². The van der Waals surface area contributed by atoms with Crippen molar-refractivity contribution in [1.82, 2.24) is 19.8 Å². The normalized spacial score (nSPS) is 15.4. The van der Waals surface area contributed by atoms with Gasteiger partial charge in [-0.15, -0.1) is 0 Å². The Hall–Kier alpha value is -3.95. The maximum absolute atomic E-state index is 12.6. The van der Waals surface area contributed by atoms with Crippen LogP contribution in [0.2, 0.25) is 0 Å². The molecular weight excluding hydrogens is 466 g/mol. The van der Waals surface area contributed by atoms with Gasteiger partial charge in [0.05, 0.1) is 36.3 Å². The zero-order valence-electron chi connectivity index (χ0n) is 21.5. The van der Waals surface area contributed by atoms with E-state index in [1.54, 1.807) is 12.3 Å². The van der Waals surface area contributed by atoms with Crippen LogP contribution in [0.3, 0.4) is 0 Å². The van der Waals surface area contributed by atoms with Crippen molar-refractivity contribution >= 4 is 34.2 Å². The van der Waals surface area contributed by atoms with E-state index in [2.05, 4.69) is 55.7 Å². The van der Waals surface area contributed by atoms with Crippen molar-refractivity contribution in [2.45, 2.75) is 13.3 Å². The minimum absolute atomic E-state index is 0.226. The van der Waals surface area contributed by atoms with Gasteiger partial charge in [0.25, 0.3) is 5.56 Å². The fourth-order valence-electron chi connectivity index (χ4n) is 4.28. The van der Waals surface area contributed by atoms with Crippen molar-refractivity contribution < 1.29 is 4.74 Å². The summed E-state index contributed by atoms with van der Waals surface area (Å²) in [5.41, 5.74) is 8.97. The third-order valence-corrected chi connectivity index (χ3v) is 6.59. The zero-order valence-corrected chi connectivity index (χ0v) is 21.5. The second-order valence-corrected chi connectivity index (χ2v) is 9.01. The number of methoxy groups -OCH3 is 1. The molecule has 0 spiro atoms. The number of anilines is 2. The molecule has 0 aliphatic carbocycles. The molecule has 0 unspecified atom stereocenters. The predicted molar refractivity (Wildman–Crippen MR) is 151 cm³/mol. The highest BCUT2D eigenvalue weighted by molar-refractivity contribution is 5.94. The van der Waals surface area contributed by atoms with Crippen molar-refractivity contribution in [3.63, 3.8) is 0 Å². The number of benzene rings is 1. The highest BCUT2D eigenvalue weighted by atomic mass is 16.5. The number of likely N-dealkylation sites (N-methyl/N-ethyl adjacent to an activating group) is 1. The van der Waals surface area contributed by atoms with Crippen LogP contribution in [0.1, 0.15) is 18.2 Å². The number of hydrogen-bond acceptors (Lipinski definition) is 8. The van der Waals surface area contributed by atoms with Gasteiger partial charge < -0.3 is 30.6 Å². The molecule has 0 bridgehead atoms. The largest absolute Gasteiger partial charge is 0.496 e. The summed E-state index contributed by atoms with van der Waals surface area (Å²) in [4.78, 5) is 29.2. The van der Waals surface area contributed by atoms with Crippen molar-refractivity contribution in [3.05, 3.63) is 82.7 Å². The van der Waals surface area contributed by atoms with Gasteiger partial charge in [-0.05, 0) is 48.2 Å². The SMILES string of the molecule is C=C(C=N/C=C(\N)c1cc2cc[nH]c(=O)c2c(Nc2ccc(CCN3CCN(CC)CC3)cc2)n1)OC. The monoisotopic (exact) mass is 501 g/mol. The summed E-state index contributed by atoms with van der Waals surface area (Å²) in [6, 6.07) is 11.9. The summed E-state index contributed by atoms with van der Waals surface area (Å²) in [6.45, 7) is 12.6. The second-order valence-electron chi connectivity index (χ2n) is 9.01. The molecule has 0 radical (unpaired) electrons. The van der Waals surface area contributed by atoms with E-state index in [1.165, 1.54) is 25.1 Å². The Balaban J connectivity index is 1.50. The van der Waals surface area contributed by atoms with E-state index in [9.17, 15) is 4.79 Å². The summed E-state index contributed by atoms with van der Waals surface area (Å²) < 4.78 is 4.97. The van der Waals surface area contributed by atoms with Crippen molar-refractivity contribution in [2.75, 3.05) is 51.7 Å². The lowest BCUT2D eigenvalue weighted by atomic mass is 10.1. The molecule has 1 aliphatic heterocycles. The third kappa shape index (κ3) is 6.84. The Bertz CT molecular complexity index is 1340. The fourth-order valence-corrected chi connectivity index (χ4v) is 4.28. The molecule has 194 valence electrons. The molecule has 1 fully saturated rings. The number of nitrogens with two attached hydrogens (primary N) is 1. The minimum Gasteiger partial charge on any atom is -0.496 e. The van der Waals surface area contributed by atoms with E-state index < -0.39 is 0 Å². The Labute approximate surface area is 217 Å². The molecule has 9 heteroatoms. The first-order chi connectivity index (χ1) is 18.0. The van der Waals surface area contributed by atoms with E-state index in [0.717, 1.165) is 56.8 Å². The van der Waals surface area contributed by atoms with E-state index in [4.69, 9.17) is 10.5 Å². The second kappa shape index (κ2) is 12.3. The average Bonchev–Trinajstić information content (AvgIpc) is 2.92. The lowest BCUT2D eigenvalue weighted by Gasteiger charge is -2.34. The standard InChI is InChI=1S/C28H35N7O2/c1-4-34-13-15-35(16-14-34)12-10-21-5-7-23(8-6-21)32-27-26-22(9-11-31-28(26)36)17-25(33-27)24(29)19-30-18-20(2)37-3/h5-9,11,17-19H,2,4,10,12-16,29H2,1,3H3,(H,31,36)(H,32,33)/b24-19-,30-18?. The van der Waals surface area contributed by atoms with Crippen LogP contribution in [0.4, 0.5) is 11.5 Å². The van der Waals surface area contributed by atoms with Crippen LogP contribution < -0.4 is 16.6 Å². The number of H-pyrrole nitrogens is 1. The summed E-state index contributed by atoms with van der Waals surface area (Å²) in [7, 11) is 1.52. The Morgan fingerprint density at radius 3 is 2.65 bits per heavy atom. The number of aliphatic imine (C=N–C) groups is 1. The maximum atomic E-state index is 12.6. The van der Waals surface area contributed by atoms with Crippen LogP contribution in [0.5, 0.6) is 0 Å². The summed E-state index contributed by atoms with van der Waals surface area (Å²) in [5.74, 6) is 0.837. The smallest absolute Gasteiger partial charge is 0.259 e. The summed E-state index contributed by atoms with van der Waals surface area (Å²) in [6.07, 6.45) is 5.55. The van der Waals surface area contributed by atoms with Gasteiger partial charge >= 0.3 is 0 Å². The van der Waals surface area contributed by atoms with Gasteiger partial charge in [-0.25, -0.2) is 4.98 Å². The summed E-state index contributed by atoms with van der Waals surface area (Å²) in [5, 5.41) is 4.49. The number of allylic oxidation sites excluding steroid dienone is 1. The van der Waals surface area contributed by atoms with Gasteiger partial charge in [-0.3, -0.25) is 9.79 Å². The van der Waals surface area contributed by atoms with Gasteiger partial charge in [0.1, 0.15) is 11.6 Å². The molecular formula is C28H35N7O2. The minimum atomic E-state index is -0.226. The number of piperazine rings is 1. The topological polar surface area (TPSA) is 112 Å². The molecule has 9 nitrogen and oxygen atoms in total. The first-order valence-electron chi connectivity index (χ1n) is 12.5. The highest BCUT2D eigenvalue weighted by Crippen LogP contribution is 2.25. The lowest BCUT2D eigenvalue weighted by Crippen LogP contribution is -2.46. The molecule has 0 saturated carbocycles. The lowest BCUT2D eigenvalue weighted by molar-refractivity contribution is 0.138. The van der Waals surface area contributed by atoms with E-state index in [0.29, 0.717) is 28.4 Å². The van der Waals surface area contributed by atoms with Gasteiger partial charge in [0.15, 0.2) is 0 Å². The van der Waals surface area contributed by atoms with Gasteiger partial charge in [0, 0.05) is 44.6 Å². The highest BCUT2D eigenvalue weighted by Gasteiger charge is 2.15. The molecule has 0 atom stereocenters. The van der Waals surface area contributed by atoms with Gasteiger partial charge in [-0.2, -0.15) is 0 Å². The van der Waals surface area contributed by atoms with Crippen molar-refractivity contribution in [3.8, 4) is 0 Å². The fraction of sp³-hybridized carbons (Fsp3) is 0.321. The van der Waals surface area contributed by atoms with Crippen LogP contribution in [0.25, 0.3) is 16.5 Å². The number of hydrogen-bond donors (Lipinski definition) is 3. The summed E-state index contributed by atoms with van der Waals surface area (Å²) >= 11 is 0. The van der Waals surface area contributed by atoms with E-state index >= 15 is 0 Å². The molecule has 0 amide bonds. The molecule has 3 heterocycles. The molecule has 4 N–H and O–H groups in total. The molecule has 3 aromatic rings. The predicted octanol–water partition coefficient (Wildman–Crippen LogP) is 3.33. The number of fused-ring (bicyclic) bond motifs is 1. The average molecular weight is 502 g/mol. The molecule has 2 aromatic heterocycles.